The zero-order valence-electron chi connectivity index (χ0n) is 21.3. The number of hydrogen-bond acceptors (Lipinski definition) is 6. The Kier molecular flexibility index (Phi) is 8.65. The Hall–Kier alpha value is -3.65. The van der Waals surface area contributed by atoms with Crippen molar-refractivity contribution in [2.45, 2.75) is 33.7 Å². The highest BCUT2D eigenvalue weighted by atomic mass is 16.5. The van der Waals surface area contributed by atoms with Gasteiger partial charge in [-0.1, -0.05) is 12.1 Å². The first-order chi connectivity index (χ1) is 16.7. The molecule has 0 unspecified atom stereocenters. The van der Waals surface area contributed by atoms with E-state index in [1.165, 1.54) is 0 Å². The highest BCUT2D eigenvalue weighted by Crippen LogP contribution is 2.28. The molecular weight excluding hydrogens is 444 g/mol. The molecule has 1 N–H and O–H groups in total. The molecule has 2 heterocycles. The van der Waals surface area contributed by atoms with E-state index < -0.39 is 0 Å². The number of aromatic nitrogens is 2. The fourth-order valence-corrected chi connectivity index (χ4v) is 4.13. The minimum atomic E-state index is -0.209. The van der Waals surface area contributed by atoms with Gasteiger partial charge in [0.05, 0.1) is 27.3 Å². The summed E-state index contributed by atoms with van der Waals surface area (Å²) < 4.78 is 12.9. The normalized spacial score (nSPS) is 10.9. The summed E-state index contributed by atoms with van der Waals surface area (Å²) in [7, 11) is 5.01. The summed E-state index contributed by atoms with van der Waals surface area (Å²) in [5.41, 5.74) is 4.58. The second-order valence-electron chi connectivity index (χ2n) is 8.68. The third-order valence-electron chi connectivity index (χ3n) is 5.93. The minimum absolute atomic E-state index is 0.0144. The number of carbonyl (C=O) groups is 2. The van der Waals surface area contributed by atoms with Gasteiger partial charge in [0, 0.05) is 29.2 Å². The summed E-state index contributed by atoms with van der Waals surface area (Å²) >= 11 is 0. The van der Waals surface area contributed by atoms with Gasteiger partial charge in [-0.15, -0.1) is 0 Å². The van der Waals surface area contributed by atoms with Gasteiger partial charge in [-0.25, -0.2) is 4.98 Å². The number of aryl methyl sites for hydroxylation is 3. The maximum absolute atomic E-state index is 13.0. The van der Waals surface area contributed by atoms with Crippen molar-refractivity contribution in [2.24, 2.45) is 0 Å². The quantitative estimate of drug-likeness (QED) is 0.422. The van der Waals surface area contributed by atoms with E-state index in [1.54, 1.807) is 32.2 Å². The van der Waals surface area contributed by atoms with Gasteiger partial charge in [0.25, 0.3) is 0 Å². The Morgan fingerprint density at radius 3 is 2.43 bits per heavy atom. The number of anilines is 1. The first kappa shape index (κ1) is 26.0. The van der Waals surface area contributed by atoms with Crippen molar-refractivity contribution in [1.82, 2.24) is 14.5 Å². The van der Waals surface area contributed by atoms with Crippen molar-refractivity contribution in [3.05, 3.63) is 70.7 Å². The monoisotopic (exact) mass is 478 g/mol. The molecule has 0 saturated carbocycles. The van der Waals surface area contributed by atoms with E-state index in [0.717, 1.165) is 35.6 Å². The molecule has 0 bridgehead atoms. The number of likely N-dealkylation sites (N-methyl/N-ethyl adjacent to an activating group) is 1. The van der Waals surface area contributed by atoms with Crippen molar-refractivity contribution in [3.8, 4) is 11.5 Å². The predicted molar refractivity (Wildman–Crippen MR) is 137 cm³/mol. The molecule has 0 aliphatic rings. The molecule has 35 heavy (non-hydrogen) atoms. The van der Waals surface area contributed by atoms with Gasteiger partial charge in [0.2, 0.25) is 5.91 Å². The maximum atomic E-state index is 13.0. The van der Waals surface area contributed by atoms with E-state index in [4.69, 9.17) is 9.47 Å². The summed E-state index contributed by atoms with van der Waals surface area (Å²) in [4.78, 5) is 31.4. The molecule has 8 heteroatoms. The first-order valence-corrected chi connectivity index (χ1v) is 11.5. The number of benzene rings is 1. The predicted octanol–water partition coefficient (Wildman–Crippen LogP) is 3.82. The highest BCUT2D eigenvalue weighted by molar-refractivity contribution is 5.99. The van der Waals surface area contributed by atoms with Gasteiger partial charge >= 0.3 is 0 Å². The van der Waals surface area contributed by atoms with Crippen LogP contribution in [-0.4, -0.2) is 60.5 Å². The van der Waals surface area contributed by atoms with Gasteiger partial charge in [-0.2, -0.15) is 0 Å². The SMILES string of the molecule is COc1ccc(CCn2c(C)cc(C(=O)CN(C)CC(=O)Nc3cccc(C)n3)c2C)cc1OC. The van der Waals surface area contributed by atoms with Gasteiger partial charge in [0.1, 0.15) is 5.82 Å². The molecule has 186 valence electrons. The first-order valence-electron chi connectivity index (χ1n) is 11.5. The molecule has 0 aliphatic heterocycles. The zero-order chi connectivity index (χ0) is 25.5. The number of ketones is 1. The lowest BCUT2D eigenvalue weighted by molar-refractivity contribution is -0.116. The number of nitrogens with zero attached hydrogens (tertiary/aromatic N) is 3. The average Bonchev–Trinajstić information content (AvgIpc) is 3.10. The van der Waals surface area contributed by atoms with Crippen LogP contribution in [0.3, 0.4) is 0 Å². The molecule has 0 fully saturated rings. The van der Waals surface area contributed by atoms with Crippen molar-refractivity contribution in [1.29, 1.82) is 0 Å². The minimum Gasteiger partial charge on any atom is -0.493 e. The number of methoxy groups -OCH3 is 2. The van der Waals surface area contributed by atoms with E-state index >= 15 is 0 Å². The third kappa shape index (κ3) is 6.70. The maximum Gasteiger partial charge on any atom is 0.239 e. The van der Waals surface area contributed by atoms with Gasteiger partial charge < -0.3 is 19.4 Å². The fraction of sp³-hybridized carbons (Fsp3) is 0.370. The van der Waals surface area contributed by atoms with Crippen molar-refractivity contribution >= 4 is 17.5 Å². The Labute approximate surface area is 206 Å². The Morgan fingerprint density at radius 2 is 1.74 bits per heavy atom. The smallest absolute Gasteiger partial charge is 0.239 e. The topological polar surface area (TPSA) is 85.7 Å². The van der Waals surface area contributed by atoms with Crippen LogP contribution in [0, 0.1) is 20.8 Å². The molecule has 3 aromatic rings. The van der Waals surface area contributed by atoms with Crippen LogP contribution in [-0.2, 0) is 17.8 Å². The van der Waals surface area contributed by atoms with Gasteiger partial charge in [-0.05, 0) is 70.1 Å². The second-order valence-corrected chi connectivity index (χ2v) is 8.68. The number of nitrogens with one attached hydrogen (secondary N) is 1. The van der Waals surface area contributed by atoms with Gasteiger partial charge in [0.15, 0.2) is 17.3 Å². The largest absolute Gasteiger partial charge is 0.493 e. The summed E-state index contributed by atoms with van der Waals surface area (Å²) in [6.45, 7) is 6.82. The molecule has 0 aliphatic carbocycles. The van der Waals surface area contributed by atoms with Crippen LogP contribution < -0.4 is 14.8 Å². The molecular formula is C27H34N4O4. The summed E-state index contributed by atoms with van der Waals surface area (Å²) in [6.07, 6.45) is 0.789. The number of Topliss-reactive ketones (excluding diaryl/α,β-unsaturated/α-hetero) is 1. The van der Waals surface area contributed by atoms with Crippen LogP contribution in [0.15, 0.2) is 42.5 Å². The fourth-order valence-electron chi connectivity index (χ4n) is 4.13. The van der Waals surface area contributed by atoms with Crippen LogP contribution in [0.4, 0.5) is 5.82 Å². The lowest BCUT2D eigenvalue weighted by Crippen LogP contribution is -2.34. The van der Waals surface area contributed by atoms with E-state index in [2.05, 4.69) is 14.9 Å². The summed E-state index contributed by atoms with van der Waals surface area (Å²) in [5, 5.41) is 2.77. The Bertz CT molecular complexity index is 1200. The van der Waals surface area contributed by atoms with Crippen LogP contribution in [0.5, 0.6) is 11.5 Å². The highest BCUT2D eigenvalue weighted by Gasteiger charge is 2.18. The Morgan fingerprint density at radius 1 is 1.00 bits per heavy atom. The molecule has 1 amide bonds. The molecule has 0 atom stereocenters. The zero-order valence-corrected chi connectivity index (χ0v) is 21.3. The lowest BCUT2D eigenvalue weighted by atomic mass is 10.1. The van der Waals surface area contributed by atoms with E-state index in [-0.39, 0.29) is 24.8 Å². The molecule has 0 radical (unpaired) electrons. The summed E-state index contributed by atoms with van der Waals surface area (Å²) in [5.74, 6) is 1.68. The average molecular weight is 479 g/mol. The van der Waals surface area contributed by atoms with Crippen molar-refractivity contribution < 1.29 is 19.1 Å². The molecule has 8 nitrogen and oxygen atoms in total. The number of hydrogen-bond donors (Lipinski definition) is 1. The standard InChI is InChI=1S/C27H34N4O4/c1-18-8-7-9-26(28-18)29-27(33)17-30(4)16-23(32)22-14-19(2)31(20(22)3)13-12-21-10-11-24(34-5)25(15-21)35-6/h7-11,14-15H,12-13,16-17H2,1-6H3,(H,28,29,33). The van der Waals surface area contributed by atoms with Crippen LogP contribution in [0.2, 0.25) is 0 Å². The Balaban J connectivity index is 1.60. The van der Waals surface area contributed by atoms with Crippen LogP contribution in [0.25, 0.3) is 0 Å². The second kappa shape index (κ2) is 11.7. The number of amides is 1. The van der Waals surface area contributed by atoms with Gasteiger partial charge in [-0.3, -0.25) is 14.5 Å². The number of rotatable bonds is 11. The number of carbonyl (C=O) groups excluding carboxylic acids is 2. The third-order valence-corrected chi connectivity index (χ3v) is 5.93. The molecule has 3 rings (SSSR count). The summed E-state index contributed by atoms with van der Waals surface area (Å²) in [6, 6.07) is 13.3. The van der Waals surface area contributed by atoms with Crippen molar-refractivity contribution in [2.75, 3.05) is 39.7 Å². The number of ether oxygens (including phenoxy) is 2. The molecule has 1 aromatic carbocycles. The van der Waals surface area contributed by atoms with E-state index in [0.29, 0.717) is 22.9 Å². The molecule has 0 spiro atoms. The lowest BCUT2D eigenvalue weighted by Gasteiger charge is -2.16. The van der Waals surface area contributed by atoms with Crippen molar-refractivity contribution in [3.63, 3.8) is 0 Å². The number of pyridine rings is 1. The molecule has 2 aromatic heterocycles. The van der Waals surface area contributed by atoms with E-state index in [1.807, 2.05) is 57.2 Å². The van der Waals surface area contributed by atoms with Crippen LogP contribution >= 0.6 is 0 Å². The van der Waals surface area contributed by atoms with Crippen LogP contribution in [0.1, 0.15) is 33.0 Å². The van der Waals surface area contributed by atoms with E-state index in [9.17, 15) is 9.59 Å². The molecule has 0 saturated heterocycles.